The number of phenols is 3. The van der Waals surface area contributed by atoms with Crippen molar-refractivity contribution in [2.75, 3.05) is 13.1 Å². The first kappa shape index (κ1) is 13.7. The first-order valence-corrected chi connectivity index (χ1v) is 6.80. The van der Waals surface area contributed by atoms with E-state index in [9.17, 15) is 19.7 Å². The average Bonchev–Trinajstić information content (AvgIpc) is 2.68. The molecular formula is C16H16FNO3. The lowest BCUT2D eigenvalue weighted by atomic mass is 9.87. The first-order chi connectivity index (χ1) is 10.1. The fourth-order valence-electron chi connectivity index (χ4n) is 2.82. The molecule has 0 unspecified atom stereocenters. The van der Waals surface area contributed by atoms with Crippen LogP contribution in [0.25, 0.3) is 0 Å². The van der Waals surface area contributed by atoms with Crippen molar-refractivity contribution in [2.24, 2.45) is 0 Å². The minimum Gasteiger partial charge on any atom is -0.508 e. The lowest BCUT2D eigenvalue weighted by Crippen LogP contribution is -2.20. The van der Waals surface area contributed by atoms with Gasteiger partial charge >= 0.3 is 0 Å². The summed E-state index contributed by atoms with van der Waals surface area (Å²) >= 11 is 0. The van der Waals surface area contributed by atoms with Gasteiger partial charge in [-0.15, -0.1) is 0 Å². The number of rotatable bonds is 1. The van der Waals surface area contributed by atoms with Crippen molar-refractivity contribution in [3.8, 4) is 17.2 Å². The minimum absolute atomic E-state index is 0.149. The zero-order valence-corrected chi connectivity index (χ0v) is 11.3. The van der Waals surface area contributed by atoms with Crippen molar-refractivity contribution >= 4 is 0 Å². The van der Waals surface area contributed by atoms with Gasteiger partial charge in [0.2, 0.25) is 0 Å². The van der Waals surface area contributed by atoms with Crippen LogP contribution in [-0.4, -0.2) is 28.4 Å². The van der Waals surface area contributed by atoms with Crippen LogP contribution in [0.3, 0.4) is 0 Å². The van der Waals surface area contributed by atoms with Crippen LogP contribution in [0.15, 0.2) is 30.3 Å². The van der Waals surface area contributed by atoms with E-state index >= 15 is 0 Å². The minimum atomic E-state index is -0.752. The summed E-state index contributed by atoms with van der Waals surface area (Å²) in [4.78, 5) is 0. The summed E-state index contributed by atoms with van der Waals surface area (Å²) < 4.78 is 14.2. The molecule has 1 heterocycles. The summed E-state index contributed by atoms with van der Waals surface area (Å²) in [6.07, 6.45) is 0.448. The second kappa shape index (κ2) is 5.26. The van der Waals surface area contributed by atoms with Crippen LogP contribution in [0.5, 0.6) is 17.2 Å². The number of nitrogens with one attached hydrogen (secondary N) is 1. The highest BCUT2D eigenvalue weighted by molar-refractivity contribution is 5.51. The highest BCUT2D eigenvalue weighted by Gasteiger charge is 2.26. The first-order valence-electron chi connectivity index (χ1n) is 6.80. The molecule has 0 amide bonds. The van der Waals surface area contributed by atoms with Crippen LogP contribution < -0.4 is 5.32 Å². The van der Waals surface area contributed by atoms with E-state index < -0.39 is 17.3 Å². The van der Waals surface area contributed by atoms with E-state index in [1.807, 2.05) is 0 Å². The summed E-state index contributed by atoms with van der Waals surface area (Å²) in [5.74, 6) is -1.88. The largest absolute Gasteiger partial charge is 0.508 e. The van der Waals surface area contributed by atoms with Crippen molar-refractivity contribution in [3.63, 3.8) is 0 Å². The van der Waals surface area contributed by atoms with Gasteiger partial charge in [0, 0.05) is 12.5 Å². The van der Waals surface area contributed by atoms with Crippen LogP contribution in [0, 0.1) is 5.82 Å². The number of aromatic hydroxyl groups is 3. The van der Waals surface area contributed by atoms with Crippen LogP contribution in [-0.2, 0) is 6.42 Å². The van der Waals surface area contributed by atoms with Gasteiger partial charge < -0.3 is 20.6 Å². The van der Waals surface area contributed by atoms with E-state index in [-0.39, 0.29) is 11.7 Å². The van der Waals surface area contributed by atoms with E-state index in [4.69, 9.17) is 0 Å². The summed E-state index contributed by atoms with van der Waals surface area (Å²) in [5, 5.41) is 31.9. The van der Waals surface area contributed by atoms with Gasteiger partial charge in [0.05, 0.1) is 0 Å². The number of fused-ring (bicyclic) bond motifs is 1. The molecule has 3 rings (SSSR count). The molecular weight excluding hydrogens is 273 g/mol. The van der Waals surface area contributed by atoms with Gasteiger partial charge in [-0.1, -0.05) is 12.1 Å². The van der Waals surface area contributed by atoms with E-state index in [1.54, 1.807) is 24.3 Å². The van der Waals surface area contributed by atoms with Crippen LogP contribution in [0.1, 0.15) is 22.6 Å². The highest BCUT2D eigenvalue weighted by atomic mass is 19.1. The Morgan fingerprint density at radius 2 is 1.81 bits per heavy atom. The molecule has 110 valence electrons. The normalized spacial score (nSPS) is 18.0. The molecule has 2 aromatic carbocycles. The molecule has 0 bridgehead atoms. The second-order valence-electron chi connectivity index (χ2n) is 5.22. The van der Waals surface area contributed by atoms with E-state index in [1.165, 1.54) is 6.07 Å². The fourth-order valence-corrected chi connectivity index (χ4v) is 2.82. The number of hydrogen-bond acceptors (Lipinski definition) is 4. The van der Waals surface area contributed by atoms with Gasteiger partial charge in [-0.3, -0.25) is 0 Å². The van der Waals surface area contributed by atoms with Crippen molar-refractivity contribution in [1.29, 1.82) is 0 Å². The molecule has 0 saturated carbocycles. The zero-order valence-electron chi connectivity index (χ0n) is 11.3. The number of hydrogen-bond donors (Lipinski definition) is 4. The predicted octanol–water partition coefficient (Wildman–Crippen LogP) is 2.22. The SMILES string of the molecule is Oc1ccc([C@H]2CNCCc3c2cc(O)c(O)c3F)cc1. The topological polar surface area (TPSA) is 72.7 Å². The predicted molar refractivity (Wildman–Crippen MR) is 76.3 cm³/mol. The van der Waals surface area contributed by atoms with Gasteiger partial charge in [-0.2, -0.15) is 0 Å². The third kappa shape index (κ3) is 2.40. The maximum absolute atomic E-state index is 14.2. The lowest BCUT2D eigenvalue weighted by molar-refractivity contribution is 0.375. The fraction of sp³-hybridized carbons (Fsp3) is 0.250. The molecule has 21 heavy (non-hydrogen) atoms. The summed E-state index contributed by atoms with van der Waals surface area (Å²) in [7, 11) is 0. The molecule has 1 aliphatic heterocycles. The molecule has 0 spiro atoms. The Bertz CT molecular complexity index is 670. The number of benzene rings is 2. The van der Waals surface area contributed by atoms with Gasteiger partial charge in [0.1, 0.15) is 5.75 Å². The van der Waals surface area contributed by atoms with Crippen LogP contribution >= 0.6 is 0 Å². The quantitative estimate of drug-likeness (QED) is 0.607. The van der Waals surface area contributed by atoms with Gasteiger partial charge in [-0.05, 0) is 47.9 Å². The molecule has 4 N–H and O–H groups in total. The Morgan fingerprint density at radius 1 is 1.10 bits per heavy atom. The van der Waals surface area contributed by atoms with Crippen molar-refractivity contribution in [2.45, 2.75) is 12.3 Å². The van der Waals surface area contributed by atoms with Crippen molar-refractivity contribution in [1.82, 2.24) is 5.32 Å². The Hall–Kier alpha value is -2.27. The van der Waals surface area contributed by atoms with E-state index in [0.717, 1.165) is 5.56 Å². The molecule has 0 saturated heterocycles. The van der Waals surface area contributed by atoms with Crippen molar-refractivity contribution < 1.29 is 19.7 Å². The molecule has 5 heteroatoms. The molecule has 0 fully saturated rings. The van der Waals surface area contributed by atoms with Gasteiger partial charge in [-0.25, -0.2) is 4.39 Å². The summed E-state index contributed by atoms with van der Waals surface area (Å²) in [6, 6.07) is 8.14. The Balaban J connectivity index is 2.14. The summed E-state index contributed by atoms with van der Waals surface area (Å²) in [6.45, 7) is 1.20. The van der Waals surface area contributed by atoms with E-state index in [0.29, 0.717) is 30.6 Å². The molecule has 4 nitrogen and oxygen atoms in total. The monoisotopic (exact) mass is 289 g/mol. The third-order valence-corrected chi connectivity index (χ3v) is 3.93. The van der Waals surface area contributed by atoms with Gasteiger partial charge in [0.25, 0.3) is 0 Å². The Labute approximate surface area is 121 Å². The third-order valence-electron chi connectivity index (χ3n) is 3.93. The highest BCUT2D eigenvalue weighted by Crippen LogP contribution is 2.39. The molecule has 0 aliphatic carbocycles. The zero-order chi connectivity index (χ0) is 15.0. The molecule has 1 aliphatic rings. The summed E-state index contributed by atoms with van der Waals surface area (Å²) in [5.41, 5.74) is 2.00. The van der Waals surface area contributed by atoms with Crippen molar-refractivity contribution in [3.05, 3.63) is 52.8 Å². The van der Waals surface area contributed by atoms with E-state index in [2.05, 4.69) is 5.32 Å². The molecule has 1 atom stereocenters. The van der Waals surface area contributed by atoms with Gasteiger partial charge in [0.15, 0.2) is 17.3 Å². The maximum atomic E-state index is 14.2. The Kier molecular flexibility index (Phi) is 3.43. The Morgan fingerprint density at radius 3 is 2.52 bits per heavy atom. The number of halogens is 1. The smallest absolute Gasteiger partial charge is 0.194 e. The second-order valence-corrected chi connectivity index (χ2v) is 5.22. The maximum Gasteiger partial charge on any atom is 0.194 e. The average molecular weight is 289 g/mol. The number of phenolic OH excluding ortho intramolecular Hbond substituents is 3. The van der Waals surface area contributed by atoms with Crippen LogP contribution in [0.2, 0.25) is 0 Å². The lowest BCUT2D eigenvalue weighted by Gasteiger charge is -2.19. The molecule has 0 radical (unpaired) electrons. The molecule has 2 aromatic rings. The molecule has 0 aromatic heterocycles. The standard InChI is InChI=1S/C16H16FNO3/c17-15-11-5-6-18-8-13(9-1-3-10(19)4-2-9)12(11)7-14(20)16(15)21/h1-4,7,13,18-21H,5-6,8H2/t13-/m1/s1. The van der Waals surface area contributed by atoms with Crippen LogP contribution in [0.4, 0.5) is 4.39 Å².